The molecule has 0 aromatic carbocycles. The molecule has 108 valence electrons. The third-order valence-corrected chi connectivity index (χ3v) is 2.16. The van der Waals surface area contributed by atoms with Crippen LogP contribution in [0.5, 0.6) is 0 Å². The maximum atomic E-state index is 11.8. The maximum absolute atomic E-state index is 11.8. The first-order chi connectivity index (χ1) is 8.92. The van der Waals surface area contributed by atoms with Crippen LogP contribution < -0.4 is 0 Å². The molecular weight excluding hydrogens is 248 g/mol. The first kappa shape index (κ1) is 15.7. The van der Waals surface area contributed by atoms with Gasteiger partial charge in [0.2, 0.25) is 0 Å². The fourth-order valence-corrected chi connectivity index (χ4v) is 1.33. The predicted octanol–water partition coefficient (Wildman–Crippen LogP) is 1.50. The second kappa shape index (κ2) is 7.25. The van der Waals surface area contributed by atoms with Gasteiger partial charge < -0.3 is 14.2 Å². The van der Waals surface area contributed by atoms with E-state index in [2.05, 4.69) is 5.10 Å². The third kappa shape index (κ3) is 6.35. The number of ether oxygens (including phenoxy) is 3. The topological polar surface area (TPSA) is 62.6 Å². The van der Waals surface area contributed by atoms with E-state index in [9.17, 15) is 4.79 Å². The molecule has 0 saturated carbocycles. The number of nitrogens with zero attached hydrogens (tertiary/aromatic N) is 2. The van der Waals surface area contributed by atoms with Gasteiger partial charge in [-0.1, -0.05) is 0 Å². The van der Waals surface area contributed by atoms with E-state index in [-0.39, 0.29) is 5.97 Å². The summed E-state index contributed by atoms with van der Waals surface area (Å²) in [6.07, 6.45) is 3.16. The lowest BCUT2D eigenvalue weighted by molar-refractivity contribution is 0.00693. The lowest BCUT2D eigenvalue weighted by atomic mass is 10.2. The zero-order valence-corrected chi connectivity index (χ0v) is 12.0. The van der Waals surface area contributed by atoms with Gasteiger partial charge in [-0.2, -0.15) is 5.10 Å². The van der Waals surface area contributed by atoms with Crippen molar-refractivity contribution < 1.29 is 19.0 Å². The second-order valence-electron chi connectivity index (χ2n) is 5.10. The Morgan fingerprint density at radius 1 is 1.32 bits per heavy atom. The molecule has 0 N–H and O–H groups in total. The molecule has 1 heterocycles. The first-order valence-corrected chi connectivity index (χ1v) is 6.25. The summed E-state index contributed by atoms with van der Waals surface area (Å²) >= 11 is 0. The van der Waals surface area contributed by atoms with E-state index in [1.165, 1.54) is 6.20 Å². The van der Waals surface area contributed by atoms with E-state index < -0.39 is 5.60 Å². The minimum Gasteiger partial charge on any atom is -0.456 e. The Kier molecular flexibility index (Phi) is 5.98. The van der Waals surface area contributed by atoms with Gasteiger partial charge >= 0.3 is 5.97 Å². The molecule has 0 aliphatic rings. The van der Waals surface area contributed by atoms with E-state index in [4.69, 9.17) is 14.2 Å². The van der Waals surface area contributed by atoms with Crippen LogP contribution >= 0.6 is 0 Å². The highest BCUT2D eigenvalue weighted by molar-refractivity contribution is 5.89. The zero-order valence-electron chi connectivity index (χ0n) is 12.0. The van der Waals surface area contributed by atoms with Crippen LogP contribution in [0.1, 0.15) is 31.1 Å². The highest BCUT2D eigenvalue weighted by Crippen LogP contribution is 2.11. The highest BCUT2D eigenvalue weighted by atomic mass is 16.6. The van der Waals surface area contributed by atoms with Gasteiger partial charge in [0.05, 0.1) is 38.1 Å². The van der Waals surface area contributed by atoms with Crippen LogP contribution in [0.25, 0.3) is 0 Å². The summed E-state index contributed by atoms with van der Waals surface area (Å²) in [5.74, 6) is -0.362. The van der Waals surface area contributed by atoms with Crippen LogP contribution in [0, 0.1) is 0 Å². The Labute approximate surface area is 113 Å². The molecule has 0 radical (unpaired) electrons. The summed E-state index contributed by atoms with van der Waals surface area (Å²) in [5, 5.41) is 4.09. The average Bonchev–Trinajstić information content (AvgIpc) is 2.75. The molecular formula is C13H22N2O4. The number of hydrogen-bond acceptors (Lipinski definition) is 5. The Morgan fingerprint density at radius 3 is 2.68 bits per heavy atom. The number of carbonyl (C=O) groups excluding carboxylic acids is 1. The Bertz CT molecular complexity index is 396. The number of hydrogen-bond donors (Lipinski definition) is 0. The van der Waals surface area contributed by atoms with Gasteiger partial charge in [0.25, 0.3) is 0 Å². The van der Waals surface area contributed by atoms with Crippen molar-refractivity contribution in [2.24, 2.45) is 0 Å². The van der Waals surface area contributed by atoms with Crippen molar-refractivity contribution in [1.29, 1.82) is 0 Å². The third-order valence-electron chi connectivity index (χ3n) is 2.16. The van der Waals surface area contributed by atoms with Gasteiger partial charge in [-0.05, 0) is 20.8 Å². The lowest BCUT2D eigenvalue weighted by Crippen LogP contribution is -2.23. The summed E-state index contributed by atoms with van der Waals surface area (Å²) in [4.78, 5) is 11.8. The van der Waals surface area contributed by atoms with Gasteiger partial charge in [0, 0.05) is 13.3 Å². The van der Waals surface area contributed by atoms with Crippen molar-refractivity contribution in [2.75, 3.05) is 26.9 Å². The molecule has 0 unspecified atom stereocenters. The summed E-state index contributed by atoms with van der Waals surface area (Å²) in [6.45, 7) is 7.74. The summed E-state index contributed by atoms with van der Waals surface area (Å²) in [7, 11) is 1.63. The van der Waals surface area contributed by atoms with Crippen LogP contribution in [0.3, 0.4) is 0 Å². The van der Waals surface area contributed by atoms with Crippen LogP contribution in [-0.4, -0.2) is 48.3 Å². The standard InChI is InChI=1S/C13H22N2O4/c1-13(2,3)19-12(16)11-9-14-15(10-11)5-6-18-8-7-17-4/h9-10H,5-8H2,1-4H3. The van der Waals surface area contributed by atoms with Gasteiger partial charge in [-0.15, -0.1) is 0 Å². The van der Waals surface area contributed by atoms with Crippen molar-refractivity contribution in [3.63, 3.8) is 0 Å². The number of aromatic nitrogens is 2. The molecule has 0 bridgehead atoms. The van der Waals surface area contributed by atoms with Crippen molar-refractivity contribution in [3.05, 3.63) is 18.0 Å². The number of carbonyl (C=O) groups is 1. The van der Waals surface area contributed by atoms with Crippen LogP contribution in [0.4, 0.5) is 0 Å². The smallest absolute Gasteiger partial charge is 0.341 e. The molecule has 6 heteroatoms. The fourth-order valence-electron chi connectivity index (χ4n) is 1.33. The van der Waals surface area contributed by atoms with Crippen LogP contribution in [0.15, 0.2) is 12.4 Å². The van der Waals surface area contributed by atoms with Crippen molar-refractivity contribution in [3.8, 4) is 0 Å². The quantitative estimate of drug-likeness (QED) is 0.555. The van der Waals surface area contributed by atoms with E-state index in [1.807, 2.05) is 20.8 Å². The van der Waals surface area contributed by atoms with Crippen LogP contribution in [-0.2, 0) is 20.8 Å². The van der Waals surface area contributed by atoms with Gasteiger partial charge in [-0.25, -0.2) is 4.79 Å². The Balaban J connectivity index is 2.37. The molecule has 1 aromatic rings. The molecule has 6 nitrogen and oxygen atoms in total. The maximum Gasteiger partial charge on any atom is 0.341 e. The fraction of sp³-hybridized carbons (Fsp3) is 0.692. The normalized spacial score (nSPS) is 11.6. The molecule has 0 saturated heterocycles. The summed E-state index contributed by atoms with van der Waals surface area (Å²) in [5.41, 5.74) is -0.0468. The number of esters is 1. The molecule has 19 heavy (non-hydrogen) atoms. The molecule has 0 aliphatic carbocycles. The van der Waals surface area contributed by atoms with Gasteiger partial charge in [-0.3, -0.25) is 4.68 Å². The van der Waals surface area contributed by atoms with Crippen molar-refractivity contribution in [1.82, 2.24) is 9.78 Å². The molecule has 1 rings (SSSR count). The lowest BCUT2D eigenvalue weighted by Gasteiger charge is -2.18. The zero-order chi connectivity index (χ0) is 14.3. The summed E-state index contributed by atoms with van der Waals surface area (Å²) in [6, 6.07) is 0. The molecule has 0 atom stereocenters. The van der Waals surface area contributed by atoms with Crippen LogP contribution in [0.2, 0.25) is 0 Å². The van der Waals surface area contributed by atoms with Crippen molar-refractivity contribution in [2.45, 2.75) is 32.9 Å². The molecule has 1 aromatic heterocycles. The van der Waals surface area contributed by atoms with E-state index in [1.54, 1.807) is 18.0 Å². The van der Waals surface area contributed by atoms with E-state index in [0.717, 1.165) is 0 Å². The largest absolute Gasteiger partial charge is 0.456 e. The minimum atomic E-state index is -0.498. The molecule has 0 amide bonds. The Morgan fingerprint density at radius 2 is 2.05 bits per heavy atom. The monoisotopic (exact) mass is 270 g/mol. The first-order valence-electron chi connectivity index (χ1n) is 6.25. The van der Waals surface area contributed by atoms with E-state index >= 15 is 0 Å². The average molecular weight is 270 g/mol. The van der Waals surface area contributed by atoms with Gasteiger partial charge in [0.15, 0.2) is 0 Å². The van der Waals surface area contributed by atoms with Crippen molar-refractivity contribution >= 4 is 5.97 Å². The summed E-state index contributed by atoms with van der Waals surface area (Å²) < 4.78 is 17.1. The van der Waals surface area contributed by atoms with Gasteiger partial charge in [0.1, 0.15) is 5.60 Å². The molecule has 0 fully saturated rings. The SMILES string of the molecule is COCCOCCn1cc(C(=O)OC(C)(C)C)cn1. The Hall–Kier alpha value is -1.40. The molecule has 0 aliphatic heterocycles. The number of methoxy groups -OCH3 is 1. The number of rotatable bonds is 7. The second-order valence-corrected chi connectivity index (χ2v) is 5.10. The predicted molar refractivity (Wildman–Crippen MR) is 70.1 cm³/mol. The minimum absolute atomic E-state index is 0.362. The molecule has 0 spiro atoms. The van der Waals surface area contributed by atoms with E-state index in [0.29, 0.717) is 31.9 Å². The highest BCUT2D eigenvalue weighted by Gasteiger charge is 2.18.